The summed E-state index contributed by atoms with van der Waals surface area (Å²) in [7, 11) is 0. The van der Waals surface area contributed by atoms with Gasteiger partial charge in [-0.25, -0.2) is 4.79 Å². The van der Waals surface area contributed by atoms with Gasteiger partial charge >= 0.3 is 6.03 Å². The van der Waals surface area contributed by atoms with Crippen molar-refractivity contribution in [2.75, 3.05) is 5.32 Å². The van der Waals surface area contributed by atoms with Crippen LogP contribution < -0.4 is 16.4 Å². The predicted octanol–water partition coefficient (Wildman–Crippen LogP) is 2.52. The fourth-order valence-electron chi connectivity index (χ4n) is 2.51. The molecule has 5 nitrogen and oxygen atoms in total. The van der Waals surface area contributed by atoms with Gasteiger partial charge in [0.25, 0.3) is 0 Å². The van der Waals surface area contributed by atoms with Crippen molar-refractivity contribution in [3.8, 4) is 0 Å². The molecule has 2 aromatic rings. The van der Waals surface area contributed by atoms with Crippen molar-refractivity contribution < 1.29 is 9.59 Å². The van der Waals surface area contributed by atoms with E-state index in [1.165, 1.54) is 0 Å². The fourth-order valence-corrected chi connectivity index (χ4v) is 2.51. The molecule has 0 spiro atoms. The number of carbonyl (C=O) groups is 2. The third-order valence-electron chi connectivity index (χ3n) is 3.40. The first kappa shape index (κ1) is 16.5. The number of anilines is 1. The number of hydrogen-bond acceptors (Lipinski definition) is 2. The molecule has 0 fully saturated rings. The molecule has 23 heavy (non-hydrogen) atoms. The Bertz CT molecular complexity index is 678. The Morgan fingerprint density at radius 2 is 1.65 bits per heavy atom. The second-order valence-electron chi connectivity index (χ2n) is 5.62. The summed E-state index contributed by atoms with van der Waals surface area (Å²) < 4.78 is 0. The van der Waals surface area contributed by atoms with E-state index < -0.39 is 12.1 Å². The third-order valence-corrected chi connectivity index (χ3v) is 3.40. The average Bonchev–Trinajstić information content (AvgIpc) is 2.46. The highest BCUT2D eigenvalue weighted by Crippen LogP contribution is 2.14. The molecule has 0 saturated heterocycles. The summed E-state index contributed by atoms with van der Waals surface area (Å²) in [5.74, 6) is -0.294. The van der Waals surface area contributed by atoms with E-state index in [2.05, 4.69) is 10.6 Å². The largest absolute Gasteiger partial charge is 0.352 e. The van der Waals surface area contributed by atoms with Crippen molar-refractivity contribution in [1.82, 2.24) is 5.32 Å². The zero-order valence-corrected chi connectivity index (χ0v) is 13.3. The second-order valence-corrected chi connectivity index (χ2v) is 5.62. The van der Waals surface area contributed by atoms with Crippen molar-refractivity contribution in [2.24, 2.45) is 5.73 Å². The van der Waals surface area contributed by atoms with Crippen LogP contribution in [0.5, 0.6) is 0 Å². The molecular weight excluding hydrogens is 290 g/mol. The number of amides is 3. The fraction of sp³-hybridized carbons (Fsp3) is 0.222. The zero-order valence-electron chi connectivity index (χ0n) is 13.3. The first-order valence-corrected chi connectivity index (χ1v) is 7.43. The number of nitrogens with two attached hydrogens (primary N) is 1. The van der Waals surface area contributed by atoms with Crippen LogP contribution in [0.4, 0.5) is 10.5 Å². The summed E-state index contributed by atoms with van der Waals surface area (Å²) in [5.41, 5.74) is 8.96. The highest BCUT2D eigenvalue weighted by molar-refractivity contribution is 5.97. The van der Waals surface area contributed by atoms with Crippen molar-refractivity contribution in [3.05, 3.63) is 65.2 Å². The minimum atomic E-state index is -0.726. The molecule has 2 rings (SSSR count). The maximum atomic E-state index is 12.5. The van der Waals surface area contributed by atoms with Gasteiger partial charge in [0.2, 0.25) is 5.91 Å². The molecule has 0 aliphatic carbocycles. The topological polar surface area (TPSA) is 84.2 Å². The predicted molar refractivity (Wildman–Crippen MR) is 91.2 cm³/mol. The summed E-state index contributed by atoms with van der Waals surface area (Å²) >= 11 is 0. The molecule has 0 aliphatic heterocycles. The molecule has 0 bridgehead atoms. The monoisotopic (exact) mass is 311 g/mol. The molecule has 0 radical (unpaired) electrons. The minimum absolute atomic E-state index is 0.294. The second kappa shape index (κ2) is 7.45. The molecule has 5 heteroatoms. The minimum Gasteiger partial charge on any atom is -0.352 e. The molecule has 0 aromatic heterocycles. The standard InChI is InChI=1S/C18H21N3O2/c1-12-8-13(2)10-15(9-12)20-17(22)16(21-18(19)23)11-14-6-4-3-5-7-14/h3-10,16H,11H2,1-2H3,(H,20,22)(H3,19,21,23). The molecule has 2 aromatic carbocycles. The maximum absolute atomic E-state index is 12.5. The molecule has 0 saturated carbocycles. The van der Waals surface area contributed by atoms with Gasteiger partial charge in [-0.3, -0.25) is 4.79 Å². The highest BCUT2D eigenvalue weighted by Gasteiger charge is 2.20. The number of primary amides is 1. The van der Waals surface area contributed by atoms with E-state index in [-0.39, 0.29) is 5.91 Å². The first-order valence-electron chi connectivity index (χ1n) is 7.43. The molecule has 4 N–H and O–H groups in total. The van der Waals surface area contributed by atoms with Gasteiger partial charge in [0.1, 0.15) is 6.04 Å². The first-order chi connectivity index (χ1) is 10.9. The van der Waals surface area contributed by atoms with Crippen molar-refractivity contribution in [2.45, 2.75) is 26.3 Å². The van der Waals surface area contributed by atoms with Gasteiger partial charge in [0.05, 0.1) is 0 Å². The number of aryl methyl sites for hydroxylation is 2. The summed E-state index contributed by atoms with van der Waals surface area (Å²) in [5, 5.41) is 5.34. The van der Waals surface area contributed by atoms with Crippen LogP contribution in [-0.4, -0.2) is 18.0 Å². The summed E-state index contributed by atoms with van der Waals surface area (Å²) in [6, 6.07) is 13.8. The van der Waals surface area contributed by atoms with Crippen molar-refractivity contribution >= 4 is 17.6 Å². The molecule has 0 heterocycles. The molecule has 1 atom stereocenters. The maximum Gasteiger partial charge on any atom is 0.312 e. The van der Waals surface area contributed by atoms with E-state index in [0.717, 1.165) is 16.7 Å². The van der Waals surface area contributed by atoms with E-state index in [1.807, 2.05) is 62.4 Å². The van der Waals surface area contributed by atoms with Gasteiger partial charge in [-0.15, -0.1) is 0 Å². The zero-order chi connectivity index (χ0) is 16.8. The lowest BCUT2D eigenvalue weighted by Crippen LogP contribution is -2.47. The highest BCUT2D eigenvalue weighted by atomic mass is 16.2. The lowest BCUT2D eigenvalue weighted by molar-refractivity contribution is -0.117. The van der Waals surface area contributed by atoms with E-state index in [4.69, 9.17) is 5.73 Å². The number of urea groups is 1. The van der Waals surface area contributed by atoms with Crippen molar-refractivity contribution in [3.63, 3.8) is 0 Å². The Morgan fingerprint density at radius 1 is 1.04 bits per heavy atom. The normalized spacial score (nSPS) is 11.6. The third kappa shape index (κ3) is 5.14. The summed E-state index contributed by atoms with van der Waals surface area (Å²) in [4.78, 5) is 23.7. The smallest absolute Gasteiger partial charge is 0.312 e. The number of hydrogen-bond donors (Lipinski definition) is 3. The quantitative estimate of drug-likeness (QED) is 0.792. The van der Waals surface area contributed by atoms with Crippen LogP contribution in [0.15, 0.2) is 48.5 Å². The lowest BCUT2D eigenvalue weighted by atomic mass is 10.0. The van der Waals surface area contributed by atoms with Gasteiger partial charge in [-0.05, 0) is 42.7 Å². The van der Waals surface area contributed by atoms with Gasteiger partial charge < -0.3 is 16.4 Å². The van der Waals surface area contributed by atoms with Crippen LogP contribution in [0.3, 0.4) is 0 Å². The molecule has 120 valence electrons. The van der Waals surface area contributed by atoms with Crippen LogP contribution >= 0.6 is 0 Å². The Morgan fingerprint density at radius 3 is 2.22 bits per heavy atom. The van der Waals surface area contributed by atoms with Gasteiger partial charge in [-0.1, -0.05) is 36.4 Å². The van der Waals surface area contributed by atoms with Crippen LogP contribution in [-0.2, 0) is 11.2 Å². The average molecular weight is 311 g/mol. The van der Waals surface area contributed by atoms with Gasteiger partial charge in [0.15, 0.2) is 0 Å². The van der Waals surface area contributed by atoms with E-state index in [0.29, 0.717) is 12.1 Å². The molecular formula is C18H21N3O2. The van der Waals surface area contributed by atoms with Crippen LogP contribution in [0.25, 0.3) is 0 Å². The number of carbonyl (C=O) groups excluding carboxylic acids is 2. The van der Waals surface area contributed by atoms with E-state index >= 15 is 0 Å². The van der Waals surface area contributed by atoms with E-state index in [1.54, 1.807) is 0 Å². The SMILES string of the molecule is Cc1cc(C)cc(NC(=O)C(Cc2ccccc2)NC(N)=O)c1. The number of nitrogens with one attached hydrogen (secondary N) is 2. The molecule has 0 aliphatic rings. The van der Waals surface area contributed by atoms with Gasteiger partial charge in [-0.2, -0.15) is 0 Å². The van der Waals surface area contributed by atoms with Crippen LogP contribution in [0, 0.1) is 13.8 Å². The van der Waals surface area contributed by atoms with E-state index in [9.17, 15) is 9.59 Å². The Kier molecular flexibility index (Phi) is 5.36. The number of benzene rings is 2. The Labute approximate surface area is 135 Å². The summed E-state index contributed by atoms with van der Waals surface area (Å²) in [6.07, 6.45) is 0.375. The Balaban J connectivity index is 2.14. The van der Waals surface area contributed by atoms with Crippen LogP contribution in [0.1, 0.15) is 16.7 Å². The Hall–Kier alpha value is -2.82. The summed E-state index contributed by atoms with van der Waals surface area (Å²) in [6.45, 7) is 3.93. The van der Waals surface area contributed by atoms with Gasteiger partial charge in [0, 0.05) is 12.1 Å². The van der Waals surface area contributed by atoms with Crippen LogP contribution in [0.2, 0.25) is 0 Å². The lowest BCUT2D eigenvalue weighted by Gasteiger charge is -2.18. The molecule has 3 amide bonds. The van der Waals surface area contributed by atoms with Crippen molar-refractivity contribution in [1.29, 1.82) is 0 Å². The number of rotatable bonds is 5. The molecule has 1 unspecified atom stereocenters.